The minimum atomic E-state index is -0.778. The largest absolute Gasteiger partial charge is 0.497 e. The number of anilines is 1. The highest BCUT2D eigenvalue weighted by Gasteiger charge is 2.43. The van der Waals surface area contributed by atoms with E-state index in [1.54, 1.807) is 48.4 Å². The van der Waals surface area contributed by atoms with E-state index in [9.17, 15) is 9.59 Å². The molecule has 2 aromatic carbocycles. The maximum Gasteiger partial charge on any atom is 0.321 e. The number of benzene rings is 2. The first-order valence-electron chi connectivity index (χ1n) is 9.42. The Labute approximate surface area is 168 Å². The summed E-state index contributed by atoms with van der Waals surface area (Å²) in [4.78, 5) is 26.9. The van der Waals surface area contributed by atoms with Gasteiger partial charge in [0.05, 0.1) is 25.5 Å². The number of rotatable bonds is 3. The number of hydrogen-bond acceptors (Lipinski definition) is 5. The molecule has 8 nitrogen and oxygen atoms in total. The zero-order valence-corrected chi connectivity index (χ0v) is 16.4. The number of para-hydroxylation sites is 1. The van der Waals surface area contributed by atoms with Crippen LogP contribution in [0.15, 0.2) is 42.5 Å². The summed E-state index contributed by atoms with van der Waals surface area (Å²) in [5.41, 5.74) is 0.319. The van der Waals surface area contributed by atoms with Gasteiger partial charge in [-0.25, -0.2) is 4.79 Å². The van der Waals surface area contributed by atoms with Gasteiger partial charge < -0.3 is 29.7 Å². The van der Waals surface area contributed by atoms with E-state index < -0.39 is 5.72 Å². The van der Waals surface area contributed by atoms with Crippen molar-refractivity contribution in [2.75, 3.05) is 32.6 Å². The Hall–Kier alpha value is -3.42. The molecule has 3 amide bonds. The van der Waals surface area contributed by atoms with Gasteiger partial charge in [0.15, 0.2) is 5.72 Å². The predicted octanol–water partition coefficient (Wildman–Crippen LogP) is 2.85. The zero-order valence-electron chi connectivity index (χ0n) is 16.4. The minimum absolute atomic E-state index is 0.146. The summed E-state index contributed by atoms with van der Waals surface area (Å²) in [7, 11) is 3.11. The number of hydrogen-bond donors (Lipinski definition) is 2. The van der Waals surface area contributed by atoms with E-state index >= 15 is 0 Å². The fraction of sp³-hybridized carbons (Fsp3) is 0.333. The van der Waals surface area contributed by atoms with Crippen LogP contribution in [0.4, 0.5) is 10.5 Å². The summed E-state index contributed by atoms with van der Waals surface area (Å²) in [6.07, 6.45) is 1.00. The van der Waals surface area contributed by atoms with Crippen LogP contribution in [-0.2, 0) is 0 Å². The number of carbonyl (C=O) groups is 2. The van der Waals surface area contributed by atoms with Gasteiger partial charge in [0, 0.05) is 32.0 Å². The predicted molar refractivity (Wildman–Crippen MR) is 107 cm³/mol. The second-order valence-electron chi connectivity index (χ2n) is 7.03. The van der Waals surface area contributed by atoms with Crippen LogP contribution in [0.3, 0.4) is 0 Å². The number of nitrogens with zero attached hydrogens (tertiary/aromatic N) is 1. The molecule has 0 saturated carbocycles. The van der Waals surface area contributed by atoms with Gasteiger partial charge in [-0.05, 0) is 24.3 Å². The molecule has 2 aliphatic heterocycles. The van der Waals surface area contributed by atoms with Crippen LogP contribution >= 0.6 is 0 Å². The average molecular weight is 397 g/mol. The molecule has 1 spiro atoms. The molecule has 29 heavy (non-hydrogen) atoms. The average Bonchev–Trinajstić information content (AvgIpc) is 2.74. The third-order valence-electron chi connectivity index (χ3n) is 5.29. The molecule has 0 aliphatic carbocycles. The van der Waals surface area contributed by atoms with E-state index in [4.69, 9.17) is 14.2 Å². The number of carbonyl (C=O) groups excluding carboxylic acids is 2. The van der Waals surface area contributed by atoms with E-state index in [1.165, 1.54) is 7.11 Å². The van der Waals surface area contributed by atoms with Gasteiger partial charge in [-0.3, -0.25) is 4.79 Å². The molecule has 8 heteroatoms. The van der Waals surface area contributed by atoms with Gasteiger partial charge >= 0.3 is 6.03 Å². The first-order valence-corrected chi connectivity index (χ1v) is 9.42. The van der Waals surface area contributed by atoms with E-state index in [0.29, 0.717) is 54.4 Å². The standard InChI is InChI=1S/C21H23N3O5/c1-27-14-7-8-16(18(13-14)28-2)22-20(26)24-11-9-21(10-12-24)23-19(25)15-5-3-4-6-17(15)29-21/h3-8,13H,9-12H2,1-2H3,(H,22,26)(H,23,25). The molecule has 2 aliphatic rings. The lowest BCUT2D eigenvalue weighted by molar-refractivity contribution is -0.0203. The fourth-order valence-electron chi connectivity index (χ4n) is 3.65. The van der Waals surface area contributed by atoms with Crippen LogP contribution in [0.2, 0.25) is 0 Å². The van der Waals surface area contributed by atoms with Crippen molar-refractivity contribution in [3.8, 4) is 17.2 Å². The highest BCUT2D eigenvalue weighted by atomic mass is 16.5. The summed E-state index contributed by atoms with van der Waals surface area (Å²) in [6.45, 7) is 0.902. The van der Waals surface area contributed by atoms with Gasteiger partial charge in [-0.2, -0.15) is 0 Å². The van der Waals surface area contributed by atoms with Gasteiger partial charge in [0.1, 0.15) is 17.2 Å². The number of ether oxygens (including phenoxy) is 3. The van der Waals surface area contributed by atoms with E-state index in [0.717, 1.165) is 0 Å². The molecule has 4 rings (SSSR count). The number of likely N-dealkylation sites (tertiary alicyclic amines) is 1. The van der Waals surface area contributed by atoms with Crippen LogP contribution in [0.25, 0.3) is 0 Å². The van der Waals surface area contributed by atoms with Crippen molar-refractivity contribution < 1.29 is 23.8 Å². The minimum Gasteiger partial charge on any atom is -0.497 e. The summed E-state index contributed by atoms with van der Waals surface area (Å²) in [5.74, 6) is 1.60. The summed E-state index contributed by atoms with van der Waals surface area (Å²) >= 11 is 0. The van der Waals surface area contributed by atoms with Crippen LogP contribution in [0, 0.1) is 0 Å². The third kappa shape index (κ3) is 3.65. The molecular formula is C21H23N3O5. The monoisotopic (exact) mass is 397 g/mol. The van der Waals surface area contributed by atoms with Crippen molar-refractivity contribution in [2.24, 2.45) is 0 Å². The topological polar surface area (TPSA) is 89.1 Å². The SMILES string of the molecule is COc1ccc(NC(=O)N2CCC3(CC2)NC(=O)c2ccccc2O3)c(OC)c1. The maximum absolute atomic E-state index is 12.7. The third-order valence-corrected chi connectivity index (χ3v) is 5.29. The Bertz CT molecular complexity index is 938. The Balaban J connectivity index is 1.41. The number of methoxy groups -OCH3 is 2. The molecule has 0 radical (unpaired) electrons. The van der Waals surface area contributed by atoms with Gasteiger partial charge in [0.25, 0.3) is 5.91 Å². The number of amides is 3. The van der Waals surface area contributed by atoms with Crippen molar-refractivity contribution in [1.82, 2.24) is 10.2 Å². The smallest absolute Gasteiger partial charge is 0.321 e. The molecule has 0 bridgehead atoms. The van der Waals surface area contributed by atoms with Crippen LogP contribution in [-0.4, -0.2) is 49.9 Å². The Morgan fingerprint density at radius 1 is 1.14 bits per heavy atom. The van der Waals surface area contributed by atoms with Crippen molar-refractivity contribution in [2.45, 2.75) is 18.6 Å². The highest BCUT2D eigenvalue weighted by molar-refractivity contribution is 5.98. The highest BCUT2D eigenvalue weighted by Crippen LogP contribution is 2.34. The lowest BCUT2D eigenvalue weighted by atomic mass is 9.97. The summed E-state index contributed by atoms with van der Waals surface area (Å²) in [5, 5.41) is 5.85. The molecule has 2 aromatic rings. The molecule has 0 unspecified atom stereocenters. The Morgan fingerprint density at radius 2 is 1.90 bits per heavy atom. The number of urea groups is 1. The summed E-state index contributed by atoms with van der Waals surface area (Å²) in [6, 6.07) is 12.2. The lowest BCUT2D eigenvalue weighted by Crippen LogP contribution is -2.61. The van der Waals surface area contributed by atoms with Crippen molar-refractivity contribution >= 4 is 17.6 Å². The number of nitrogens with one attached hydrogen (secondary N) is 2. The molecular weight excluding hydrogens is 374 g/mol. The second-order valence-corrected chi connectivity index (χ2v) is 7.03. The van der Waals surface area contributed by atoms with Gasteiger partial charge in [-0.1, -0.05) is 12.1 Å². The molecule has 0 atom stereocenters. The Kier molecular flexibility index (Phi) is 4.92. The fourth-order valence-corrected chi connectivity index (χ4v) is 3.65. The molecule has 152 valence electrons. The lowest BCUT2D eigenvalue weighted by Gasteiger charge is -2.44. The first kappa shape index (κ1) is 18.9. The van der Waals surface area contributed by atoms with Gasteiger partial charge in [0.2, 0.25) is 0 Å². The van der Waals surface area contributed by atoms with E-state index in [-0.39, 0.29) is 11.9 Å². The first-order chi connectivity index (χ1) is 14.0. The van der Waals surface area contributed by atoms with Crippen LogP contribution in [0.1, 0.15) is 23.2 Å². The zero-order chi connectivity index (χ0) is 20.4. The van der Waals surface area contributed by atoms with E-state index in [2.05, 4.69) is 10.6 Å². The molecule has 0 aromatic heterocycles. The molecule has 1 fully saturated rings. The van der Waals surface area contributed by atoms with E-state index in [1.807, 2.05) is 6.07 Å². The molecule has 1 saturated heterocycles. The number of fused-ring (bicyclic) bond motifs is 1. The van der Waals surface area contributed by atoms with Crippen molar-refractivity contribution in [1.29, 1.82) is 0 Å². The molecule has 2 heterocycles. The van der Waals surface area contributed by atoms with Crippen LogP contribution in [0.5, 0.6) is 17.2 Å². The Morgan fingerprint density at radius 3 is 2.62 bits per heavy atom. The number of piperidine rings is 1. The van der Waals surface area contributed by atoms with Crippen molar-refractivity contribution in [3.63, 3.8) is 0 Å². The maximum atomic E-state index is 12.7. The molecule has 2 N–H and O–H groups in total. The van der Waals surface area contributed by atoms with Crippen LogP contribution < -0.4 is 24.8 Å². The van der Waals surface area contributed by atoms with Crippen molar-refractivity contribution in [3.05, 3.63) is 48.0 Å². The quantitative estimate of drug-likeness (QED) is 0.831. The second kappa shape index (κ2) is 7.54. The van der Waals surface area contributed by atoms with Gasteiger partial charge in [-0.15, -0.1) is 0 Å². The summed E-state index contributed by atoms with van der Waals surface area (Å²) < 4.78 is 16.6. The normalized spacial score (nSPS) is 17.0.